The van der Waals surface area contributed by atoms with Crippen molar-refractivity contribution in [3.8, 4) is 0 Å². The highest BCUT2D eigenvalue weighted by atomic mass is 19.1. The van der Waals surface area contributed by atoms with Gasteiger partial charge >= 0.3 is 0 Å². The van der Waals surface area contributed by atoms with E-state index in [-0.39, 0.29) is 18.1 Å². The van der Waals surface area contributed by atoms with Crippen LogP contribution in [-0.2, 0) is 4.79 Å². The number of hydrogen-bond donors (Lipinski definition) is 3. The number of carbonyl (C=O) groups excluding carboxylic acids is 1. The number of anilines is 2. The number of carbonyl (C=O) groups is 1. The Kier molecular flexibility index (Phi) is 4.80. The standard InChI is InChI=1S/C15H22FN3O2/c1-19(10-15(21)6-2-3-7-15)9-14(20)18-11-4-5-12(16)13(17)8-11/h4-5,8,21H,2-3,6-7,9-10,17H2,1H3,(H,18,20). The van der Waals surface area contributed by atoms with Crippen LogP contribution < -0.4 is 11.1 Å². The molecule has 1 aromatic rings. The van der Waals surface area contributed by atoms with Crippen molar-refractivity contribution < 1.29 is 14.3 Å². The molecule has 0 radical (unpaired) electrons. The third kappa shape index (κ3) is 4.41. The largest absolute Gasteiger partial charge is 0.396 e. The van der Waals surface area contributed by atoms with Crippen molar-refractivity contribution in [1.82, 2.24) is 4.90 Å². The van der Waals surface area contributed by atoms with Crippen molar-refractivity contribution >= 4 is 17.3 Å². The van der Waals surface area contributed by atoms with Gasteiger partial charge in [-0.3, -0.25) is 9.69 Å². The molecule has 0 aromatic heterocycles. The molecule has 1 aliphatic rings. The zero-order valence-electron chi connectivity index (χ0n) is 12.2. The van der Waals surface area contributed by atoms with E-state index in [1.807, 2.05) is 0 Å². The molecule has 1 amide bonds. The number of nitrogens with one attached hydrogen (secondary N) is 1. The lowest BCUT2D eigenvalue weighted by Crippen LogP contribution is -2.42. The third-order valence-corrected chi connectivity index (χ3v) is 3.79. The fourth-order valence-corrected chi connectivity index (χ4v) is 2.82. The molecule has 1 saturated carbocycles. The Morgan fingerprint density at radius 1 is 1.48 bits per heavy atom. The molecule has 1 aromatic carbocycles. The SMILES string of the molecule is CN(CC(=O)Nc1ccc(F)c(N)c1)CC1(O)CCCC1. The van der Waals surface area contributed by atoms with E-state index >= 15 is 0 Å². The molecule has 1 fully saturated rings. The number of nitrogens with zero attached hydrogens (tertiary/aromatic N) is 1. The van der Waals surface area contributed by atoms with E-state index < -0.39 is 11.4 Å². The van der Waals surface area contributed by atoms with Gasteiger partial charge in [-0.15, -0.1) is 0 Å². The maximum Gasteiger partial charge on any atom is 0.238 e. The molecule has 4 N–H and O–H groups in total. The number of amides is 1. The van der Waals surface area contributed by atoms with E-state index in [0.29, 0.717) is 12.2 Å². The van der Waals surface area contributed by atoms with Crippen LogP contribution >= 0.6 is 0 Å². The number of likely N-dealkylation sites (N-methyl/N-ethyl adjacent to an activating group) is 1. The minimum absolute atomic E-state index is 0.00132. The van der Waals surface area contributed by atoms with Crippen LogP contribution in [0.2, 0.25) is 0 Å². The minimum atomic E-state index is -0.671. The smallest absolute Gasteiger partial charge is 0.238 e. The van der Waals surface area contributed by atoms with E-state index in [2.05, 4.69) is 5.32 Å². The maximum atomic E-state index is 13.0. The van der Waals surface area contributed by atoms with E-state index in [9.17, 15) is 14.3 Å². The van der Waals surface area contributed by atoms with Gasteiger partial charge in [0.15, 0.2) is 0 Å². The zero-order chi connectivity index (χ0) is 15.5. The number of halogens is 1. The summed E-state index contributed by atoms with van der Waals surface area (Å²) in [6, 6.07) is 4.07. The van der Waals surface area contributed by atoms with Gasteiger partial charge < -0.3 is 16.2 Å². The molecule has 0 saturated heterocycles. The summed E-state index contributed by atoms with van der Waals surface area (Å²) in [4.78, 5) is 13.7. The molecule has 0 heterocycles. The molecular formula is C15H22FN3O2. The summed E-state index contributed by atoms with van der Waals surface area (Å²) < 4.78 is 13.0. The summed E-state index contributed by atoms with van der Waals surface area (Å²) >= 11 is 0. The lowest BCUT2D eigenvalue weighted by atomic mass is 10.0. The molecule has 0 spiro atoms. The summed E-state index contributed by atoms with van der Waals surface area (Å²) in [5.41, 5.74) is 5.25. The topological polar surface area (TPSA) is 78.6 Å². The van der Waals surface area contributed by atoms with Crippen molar-refractivity contribution in [2.75, 3.05) is 31.2 Å². The molecule has 5 nitrogen and oxygen atoms in total. The quantitative estimate of drug-likeness (QED) is 0.721. The highest BCUT2D eigenvalue weighted by Gasteiger charge is 2.32. The first-order valence-electron chi connectivity index (χ1n) is 7.14. The monoisotopic (exact) mass is 295 g/mol. The molecule has 1 aliphatic carbocycles. The van der Waals surface area contributed by atoms with Crippen LogP contribution in [0.4, 0.5) is 15.8 Å². The van der Waals surface area contributed by atoms with Gasteiger partial charge in [-0.05, 0) is 38.1 Å². The van der Waals surface area contributed by atoms with Crippen molar-refractivity contribution in [3.05, 3.63) is 24.0 Å². The number of aliphatic hydroxyl groups is 1. The summed E-state index contributed by atoms with van der Waals surface area (Å²) in [5.74, 6) is -0.723. The van der Waals surface area contributed by atoms with Crippen LogP contribution in [0.15, 0.2) is 18.2 Å². The number of benzene rings is 1. The summed E-state index contributed by atoms with van der Waals surface area (Å²) in [6.07, 6.45) is 3.64. The molecule has 0 aliphatic heterocycles. The first kappa shape index (κ1) is 15.7. The highest BCUT2D eigenvalue weighted by Crippen LogP contribution is 2.29. The Balaban J connectivity index is 1.84. The fraction of sp³-hybridized carbons (Fsp3) is 0.533. The molecule has 0 unspecified atom stereocenters. The maximum absolute atomic E-state index is 13.0. The summed E-state index contributed by atoms with van der Waals surface area (Å²) in [6.45, 7) is 0.644. The van der Waals surface area contributed by atoms with Crippen LogP contribution in [0.3, 0.4) is 0 Å². The predicted octanol–water partition coefficient (Wildman–Crippen LogP) is 1.58. The molecule has 116 valence electrons. The van der Waals surface area contributed by atoms with E-state index in [1.54, 1.807) is 11.9 Å². The highest BCUT2D eigenvalue weighted by molar-refractivity contribution is 5.92. The second kappa shape index (κ2) is 6.41. The normalized spacial score (nSPS) is 17.1. The van der Waals surface area contributed by atoms with Crippen molar-refractivity contribution in [2.24, 2.45) is 0 Å². The second-order valence-electron chi connectivity index (χ2n) is 5.89. The predicted molar refractivity (Wildman–Crippen MR) is 80.4 cm³/mol. The summed E-state index contributed by atoms with van der Waals surface area (Å²) in [5, 5.41) is 13.0. The molecule has 0 atom stereocenters. The lowest BCUT2D eigenvalue weighted by Gasteiger charge is -2.28. The minimum Gasteiger partial charge on any atom is -0.396 e. The van der Waals surface area contributed by atoms with Crippen molar-refractivity contribution in [2.45, 2.75) is 31.3 Å². The van der Waals surface area contributed by atoms with E-state index in [1.165, 1.54) is 18.2 Å². The van der Waals surface area contributed by atoms with Crippen LogP contribution in [0, 0.1) is 5.82 Å². The first-order valence-corrected chi connectivity index (χ1v) is 7.14. The second-order valence-corrected chi connectivity index (χ2v) is 5.89. The Bertz CT molecular complexity index is 516. The van der Waals surface area contributed by atoms with Gasteiger partial charge in [0.1, 0.15) is 5.82 Å². The number of nitrogens with two attached hydrogens (primary N) is 1. The molecular weight excluding hydrogens is 273 g/mol. The average Bonchev–Trinajstić information content (AvgIpc) is 2.79. The summed E-state index contributed by atoms with van der Waals surface area (Å²) in [7, 11) is 1.80. The third-order valence-electron chi connectivity index (χ3n) is 3.79. The first-order chi connectivity index (χ1) is 9.88. The van der Waals surface area contributed by atoms with E-state index in [4.69, 9.17) is 5.73 Å². The van der Waals surface area contributed by atoms with Crippen LogP contribution in [0.25, 0.3) is 0 Å². The van der Waals surface area contributed by atoms with Crippen molar-refractivity contribution in [1.29, 1.82) is 0 Å². The van der Waals surface area contributed by atoms with Gasteiger partial charge in [-0.25, -0.2) is 4.39 Å². The number of hydrogen-bond acceptors (Lipinski definition) is 4. The van der Waals surface area contributed by atoms with Gasteiger partial charge in [-0.1, -0.05) is 12.8 Å². The van der Waals surface area contributed by atoms with Gasteiger partial charge in [0.2, 0.25) is 5.91 Å². The van der Waals surface area contributed by atoms with Crippen LogP contribution in [-0.4, -0.2) is 41.7 Å². The van der Waals surface area contributed by atoms with Crippen LogP contribution in [0.1, 0.15) is 25.7 Å². The molecule has 6 heteroatoms. The molecule has 0 bridgehead atoms. The number of nitrogen functional groups attached to an aromatic ring is 1. The lowest BCUT2D eigenvalue weighted by molar-refractivity contribution is -0.117. The Labute approximate surface area is 123 Å². The van der Waals surface area contributed by atoms with Crippen molar-refractivity contribution in [3.63, 3.8) is 0 Å². The Morgan fingerprint density at radius 3 is 2.76 bits per heavy atom. The fourth-order valence-electron chi connectivity index (χ4n) is 2.82. The van der Waals surface area contributed by atoms with Crippen LogP contribution in [0.5, 0.6) is 0 Å². The zero-order valence-corrected chi connectivity index (χ0v) is 12.2. The van der Waals surface area contributed by atoms with Gasteiger partial charge in [0.05, 0.1) is 17.8 Å². The van der Waals surface area contributed by atoms with Gasteiger partial charge in [0.25, 0.3) is 0 Å². The number of rotatable bonds is 5. The van der Waals surface area contributed by atoms with E-state index in [0.717, 1.165) is 25.7 Å². The molecule has 21 heavy (non-hydrogen) atoms. The van der Waals surface area contributed by atoms with Gasteiger partial charge in [0, 0.05) is 12.2 Å². The Morgan fingerprint density at radius 2 is 2.14 bits per heavy atom. The average molecular weight is 295 g/mol. The molecule has 2 rings (SSSR count). The van der Waals surface area contributed by atoms with Gasteiger partial charge in [-0.2, -0.15) is 0 Å². The Hall–Kier alpha value is -1.66.